The van der Waals surface area contributed by atoms with Crippen LogP contribution in [0.5, 0.6) is 5.88 Å². The van der Waals surface area contributed by atoms with Gasteiger partial charge in [0.05, 0.1) is 6.04 Å². The molecule has 0 spiro atoms. The van der Waals surface area contributed by atoms with Gasteiger partial charge >= 0.3 is 0 Å². The molecule has 2 aromatic carbocycles. The van der Waals surface area contributed by atoms with Crippen molar-refractivity contribution in [1.82, 2.24) is 15.0 Å². The summed E-state index contributed by atoms with van der Waals surface area (Å²) in [6.45, 7) is 9.61. The highest BCUT2D eigenvalue weighted by molar-refractivity contribution is 7.90. The number of ether oxygens (including phenoxy) is 1. The van der Waals surface area contributed by atoms with E-state index in [-0.39, 0.29) is 40.3 Å². The molecule has 12 heteroatoms. The summed E-state index contributed by atoms with van der Waals surface area (Å²) in [7, 11) is -6.64. The zero-order valence-electron chi connectivity index (χ0n) is 24.3. The minimum atomic E-state index is -3.86. The van der Waals surface area contributed by atoms with Gasteiger partial charge in [-0.1, -0.05) is 93.0 Å². The summed E-state index contributed by atoms with van der Waals surface area (Å²) >= 11 is 6.06. The van der Waals surface area contributed by atoms with Crippen LogP contribution >= 0.6 is 11.6 Å². The Balaban J connectivity index is 1.55. The molecule has 0 saturated heterocycles. The highest BCUT2D eigenvalue weighted by atomic mass is 35.5. The van der Waals surface area contributed by atoms with Crippen LogP contribution in [0.15, 0.2) is 65.8 Å². The lowest BCUT2D eigenvalue weighted by molar-refractivity contribution is 0.232. The van der Waals surface area contributed by atoms with Crippen LogP contribution in [0, 0.1) is 5.82 Å². The quantitative estimate of drug-likeness (QED) is 0.156. The number of pyridine rings is 1. The fourth-order valence-corrected chi connectivity index (χ4v) is 11.0. The maximum absolute atomic E-state index is 15.1. The van der Waals surface area contributed by atoms with E-state index in [0.29, 0.717) is 19.6 Å². The molecule has 5 rings (SSSR count). The Morgan fingerprint density at radius 3 is 2.17 bits per heavy atom. The van der Waals surface area contributed by atoms with Crippen LogP contribution in [0.25, 0.3) is 10.9 Å². The van der Waals surface area contributed by atoms with Crippen LogP contribution in [0.4, 0.5) is 10.2 Å². The van der Waals surface area contributed by atoms with Gasteiger partial charge in [0.1, 0.15) is 23.3 Å². The fourth-order valence-electron chi connectivity index (χ4n) is 5.75. The first-order chi connectivity index (χ1) is 19.9. The Hall–Kier alpha value is -3.12. The Morgan fingerprint density at radius 1 is 1.05 bits per heavy atom. The van der Waals surface area contributed by atoms with Crippen molar-refractivity contribution in [3.05, 3.63) is 71.6 Å². The molecule has 222 valence electrons. The van der Waals surface area contributed by atoms with Crippen molar-refractivity contribution >= 4 is 56.8 Å². The van der Waals surface area contributed by atoms with Gasteiger partial charge in [0.15, 0.2) is 11.0 Å². The topological polar surface area (TPSA) is 94.5 Å². The number of benzene rings is 2. The van der Waals surface area contributed by atoms with Crippen LogP contribution < -0.4 is 20.0 Å². The average Bonchev–Trinajstić information content (AvgIpc) is 3.10. The van der Waals surface area contributed by atoms with Crippen molar-refractivity contribution in [2.24, 2.45) is 0 Å². The lowest BCUT2D eigenvalue weighted by atomic mass is 10.2. The number of nitrogens with zero attached hydrogens (tertiary/aromatic N) is 4. The van der Waals surface area contributed by atoms with Crippen LogP contribution in [-0.2, 0) is 14.3 Å². The Bertz CT molecular complexity index is 1670. The summed E-state index contributed by atoms with van der Waals surface area (Å²) in [6.07, 6.45) is 1.52. The van der Waals surface area contributed by atoms with Gasteiger partial charge in [0.2, 0.25) is 20.9 Å². The molecule has 1 aliphatic rings. The van der Waals surface area contributed by atoms with Crippen molar-refractivity contribution < 1.29 is 22.0 Å². The molecule has 1 aliphatic heterocycles. The van der Waals surface area contributed by atoms with E-state index in [1.54, 1.807) is 0 Å². The van der Waals surface area contributed by atoms with Gasteiger partial charge in [-0.3, -0.25) is 0 Å². The van der Waals surface area contributed by atoms with Crippen molar-refractivity contribution in [1.29, 1.82) is 0 Å². The van der Waals surface area contributed by atoms with Gasteiger partial charge in [-0.05, 0) is 28.8 Å². The number of hydrogen-bond acceptors (Lipinski definition) is 8. The third-order valence-electron chi connectivity index (χ3n) is 7.66. The third kappa shape index (κ3) is 5.39. The monoisotopic (exact) mass is 628 g/mol. The normalized spacial score (nSPS) is 15.9. The largest absolute Gasteiger partial charge is 0.475 e. The van der Waals surface area contributed by atoms with Crippen molar-refractivity contribution in [3.8, 4) is 5.88 Å². The molecular weight excluding hydrogens is 595 g/mol. The predicted molar refractivity (Wildman–Crippen MR) is 166 cm³/mol. The molecule has 0 saturated carbocycles. The first-order valence-corrected chi connectivity index (χ1v) is 18.0. The summed E-state index contributed by atoms with van der Waals surface area (Å²) in [4.78, 5) is 14.4. The van der Waals surface area contributed by atoms with E-state index in [4.69, 9.17) is 20.8 Å². The molecule has 0 radical (unpaired) electrons. The fraction of sp³-hybridized carbons (Fsp3) is 0.367. The Labute approximate surface area is 251 Å². The van der Waals surface area contributed by atoms with E-state index in [1.807, 2.05) is 48.2 Å². The predicted octanol–water partition coefficient (Wildman–Crippen LogP) is 4.77. The minimum Gasteiger partial charge on any atom is -0.475 e. The molecule has 0 N–H and O–H groups in total. The summed E-state index contributed by atoms with van der Waals surface area (Å²) in [5.41, 5.74) is -0.238. The summed E-state index contributed by atoms with van der Waals surface area (Å²) in [5.74, 6) is -0.605. The SMILES string of the molecule is CCN1c2nc(S(C)(=O)=O)nc3c(F)c(Cl)nc(c23)OC[C@@H]1CCO[Si](c1ccccc1)(c1ccccc1)C(C)(C)C. The van der Waals surface area contributed by atoms with E-state index in [0.717, 1.165) is 6.26 Å². The molecule has 1 atom stereocenters. The number of rotatable bonds is 8. The molecule has 2 aromatic heterocycles. The highest BCUT2D eigenvalue weighted by Crippen LogP contribution is 2.40. The molecule has 0 unspecified atom stereocenters. The zero-order valence-corrected chi connectivity index (χ0v) is 26.8. The first-order valence-electron chi connectivity index (χ1n) is 13.8. The molecule has 0 aliphatic carbocycles. The van der Waals surface area contributed by atoms with Crippen molar-refractivity contribution in [2.75, 3.05) is 30.9 Å². The van der Waals surface area contributed by atoms with Crippen molar-refractivity contribution in [3.63, 3.8) is 0 Å². The van der Waals surface area contributed by atoms with Crippen LogP contribution in [0.3, 0.4) is 0 Å². The number of aromatic nitrogens is 3. The van der Waals surface area contributed by atoms with Gasteiger partial charge in [0, 0.05) is 19.4 Å². The number of anilines is 1. The van der Waals surface area contributed by atoms with Gasteiger partial charge < -0.3 is 14.1 Å². The number of likely N-dealkylation sites (N-methyl/N-ethyl adjacent to an activating group) is 1. The lowest BCUT2D eigenvalue weighted by Crippen LogP contribution is -2.66. The standard InChI is InChI=1S/C30H34ClFN4O4SSi/c1-6-36-20(19-39-28-23-25(24(32)26(31)34-28)33-29(35-27(23)36)41(5,37)38)17-18-40-42(30(2,3)4,21-13-9-7-10-14-21)22-15-11-8-12-16-22/h7-16,20H,6,17-19H2,1-5H3/t20-/m0/s1. The second-order valence-electron chi connectivity index (χ2n) is 11.4. The second kappa shape index (κ2) is 11.5. The number of hydrogen-bond donors (Lipinski definition) is 0. The minimum absolute atomic E-state index is 0.0697. The lowest BCUT2D eigenvalue weighted by Gasteiger charge is -2.43. The maximum Gasteiger partial charge on any atom is 0.261 e. The van der Waals surface area contributed by atoms with Crippen LogP contribution in [-0.4, -0.2) is 63.7 Å². The smallest absolute Gasteiger partial charge is 0.261 e. The first kappa shape index (κ1) is 30.3. The third-order valence-corrected chi connectivity index (χ3v) is 13.8. The van der Waals surface area contributed by atoms with E-state index in [2.05, 4.69) is 60.0 Å². The maximum atomic E-state index is 15.1. The summed E-state index contributed by atoms with van der Waals surface area (Å²) in [5, 5.41) is 1.41. The number of sulfone groups is 1. The molecule has 4 aromatic rings. The van der Waals surface area contributed by atoms with Gasteiger partial charge in [-0.25, -0.2) is 22.8 Å². The molecular formula is C30H34ClFN4O4SSi. The van der Waals surface area contributed by atoms with E-state index >= 15 is 4.39 Å². The average molecular weight is 629 g/mol. The summed E-state index contributed by atoms with van der Waals surface area (Å²) in [6, 6.07) is 20.5. The molecule has 0 amide bonds. The van der Waals surface area contributed by atoms with Crippen LogP contribution in [0.2, 0.25) is 10.2 Å². The van der Waals surface area contributed by atoms with E-state index in [9.17, 15) is 8.42 Å². The highest BCUT2D eigenvalue weighted by Gasteiger charge is 2.50. The zero-order chi connectivity index (χ0) is 30.3. The summed E-state index contributed by atoms with van der Waals surface area (Å²) < 4.78 is 53.3. The van der Waals surface area contributed by atoms with Crippen LogP contribution in [0.1, 0.15) is 34.1 Å². The van der Waals surface area contributed by atoms with Gasteiger partial charge in [0.25, 0.3) is 8.32 Å². The Kier molecular flexibility index (Phi) is 8.32. The molecule has 3 heterocycles. The second-order valence-corrected chi connectivity index (χ2v) is 18.0. The molecule has 42 heavy (non-hydrogen) atoms. The number of halogens is 2. The van der Waals surface area contributed by atoms with Gasteiger partial charge in [-0.15, -0.1) is 0 Å². The van der Waals surface area contributed by atoms with Gasteiger partial charge in [-0.2, -0.15) is 4.98 Å². The Morgan fingerprint density at radius 2 is 1.64 bits per heavy atom. The molecule has 8 nitrogen and oxygen atoms in total. The van der Waals surface area contributed by atoms with E-state index < -0.39 is 34.3 Å². The van der Waals surface area contributed by atoms with E-state index in [1.165, 1.54) is 10.4 Å². The molecule has 0 fully saturated rings. The van der Waals surface area contributed by atoms with Crippen molar-refractivity contribution in [2.45, 2.75) is 50.4 Å². The molecule has 0 bridgehead atoms.